The molecule has 1 aliphatic heterocycles. The molecule has 0 spiro atoms. The van der Waals surface area contributed by atoms with Gasteiger partial charge in [-0.15, -0.1) is 0 Å². The third-order valence-electron chi connectivity index (χ3n) is 0.671. The summed E-state index contributed by atoms with van der Waals surface area (Å²) in [6.07, 6.45) is 0. The summed E-state index contributed by atoms with van der Waals surface area (Å²) in [6.45, 7) is 0. The van der Waals surface area contributed by atoms with Crippen LogP contribution >= 0.6 is 7.82 Å². The van der Waals surface area contributed by atoms with Gasteiger partial charge in [-0.3, -0.25) is 10.1 Å². The summed E-state index contributed by atoms with van der Waals surface area (Å²) in [5, 5.41) is 18.3. The van der Waals surface area contributed by atoms with Gasteiger partial charge in [-0.25, -0.2) is 4.57 Å². The molecule has 0 atom stereocenters. The minimum atomic E-state index is -4.64. The molecule has 0 saturated carbocycles. The number of aliphatic hydroxyl groups excluding tert-OH is 2. The number of hydrogen-bond donors (Lipinski definition) is 6. The minimum Gasteiger partial charge on any atom is -0.499 e. The van der Waals surface area contributed by atoms with Crippen molar-refractivity contribution in [1.29, 1.82) is 0 Å². The molecule has 0 unspecified atom stereocenters. The molecule has 0 fully saturated rings. The van der Waals surface area contributed by atoms with Crippen molar-refractivity contribution < 1.29 is 34.3 Å². The first-order chi connectivity index (χ1) is 5.22. The van der Waals surface area contributed by atoms with Crippen LogP contribution in [-0.4, -0.2) is 30.8 Å². The second kappa shape index (κ2) is 3.55. The number of phosphoric acid groups is 1. The highest BCUT2D eigenvalue weighted by Crippen LogP contribution is 2.25. The summed E-state index contributed by atoms with van der Waals surface area (Å²) >= 11 is 0. The number of nitrogens with one attached hydrogen (secondary N) is 1. The fraction of sp³-hybridized carbons (Fsp3) is 0. The molecular weight excluding hydrogens is 193 g/mol. The molecule has 1 aliphatic rings. The Morgan fingerprint density at radius 2 is 1.50 bits per heavy atom. The SMILES string of the molecule is O=C1NC(O)=C1O.O=P(O)(O)O. The van der Waals surface area contributed by atoms with Crippen molar-refractivity contribution in [3.05, 3.63) is 11.6 Å². The summed E-state index contributed by atoms with van der Waals surface area (Å²) in [5.41, 5.74) is 0. The Balaban J connectivity index is 0.000000217. The lowest BCUT2D eigenvalue weighted by molar-refractivity contribution is -0.123. The van der Waals surface area contributed by atoms with Gasteiger partial charge in [-0.1, -0.05) is 0 Å². The van der Waals surface area contributed by atoms with Crippen molar-refractivity contribution in [3.8, 4) is 0 Å². The molecule has 8 nitrogen and oxygen atoms in total. The maximum atomic E-state index is 9.86. The van der Waals surface area contributed by atoms with E-state index in [1.54, 1.807) is 0 Å². The molecule has 0 bridgehead atoms. The van der Waals surface area contributed by atoms with Crippen molar-refractivity contribution in [3.63, 3.8) is 0 Å². The number of aliphatic hydroxyl groups is 2. The van der Waals surface area contributed by atoms with Gasteiger partial charge < -0.3 is 24.9 Å². The van der Waals surface area contributed by atoms with E-state index >= 15 is 0 Å². The van der Waals surface area contributed by atoms with E-state index in [0.29, 0.717) is 0 Å². The predicted molar refractivity (Wildman–Crippen MR) is 34.7 cm³/mol. The average molecular weight is 199 g/mol. The van der Waals surface area contributed by atoms with E-state index in [1.165, 1.54) is 0 Å². The first-order valence-electron chi connectivity index (χ1n) is 2.43. The zero-order valence-corrected chi connectivity index (χ0v) is 6.39. The quantitative estimate of drug-likeness (QED) is 0.259. The first-order valence-corrected chi connectivity index (χ1v) is 4.00. The van der Waals surface area contributed by atoms with Crippen molar-refractivity contribution in [2.75, 3.05) is 0 Å². The van der Waals surface area contributed by atoms with E-state index in [-0.39, 0.29) is 0 Å². The van der Waals surface area contributed by atoms with E-state index < -0.39 is 25.4 Å². The van der Waals surface area contributed by atoms with Crippen LogP contribution < -0.4 is 5.32 Å². The maximum Gasteiger partial charge on any atom is 0.466 e. The Morgan fingerprint density at radius 1 is 1.17 bits per heavy atom. The molecule has 0 saturated heterocycles. The lowest BCUT2D eigenvalue weighted by Crippen LogP contribution is -2.36. The van der Waals surface area contributed by atoms with E-state index in [2.05, 4.69) is 0 Å². The second-order valence-electron chi connectivity index (χ2n) is 1.66. The van der Waals surface area contributed by atoms with Gasteiger partial charge >= 0.3 is 7.82 Å². The molecule has 6 N–H and O–H groups in total. The number of carbonyl (C=O) groups is 1. The van der Waals surface area contributed by atoms with Crippen LogP contribution in [0.2, 0.25) is 0 Å². The van der Waals surface area contributed by atoms with Crippen LogP contribution in [0.5, 0.6) is 0 Å². The van der Waals surface area contributed by atoms with E-state index in [9.17, 15) is 4.79 Å². The second-order valence-corrected chi connectivity index (χ2v) is 2.69. The Hall–Kier alpha value is -1.08. The molecule has 0 aromatic heterocycles. The number of carbonyl (C=O) groups excluding carboxylic acids is 1. The number of rotatable bonds is 0. The van der Waals surface area contributed by atoms with Gasteiger partial charge in [0.2, 0.25) is 11.6 Å². The normalized spacial score (nSPS) is 15.8. The van der Waals surface area contributed by atoms with Gasteiger partial charge in [0.15, 0.2) is 0 Å². The van der Waals surface area contributed by atoms with Crippen LogP contribution in [0, 0.1) is 0 Å². The summed E-state index contributed by atoms with van der Waals surface area (Å²) in [5.74, 6) is -1.65. The molecule has 9 heteroatoms. The van der Waals surface area contributed by atoms with Gasteiger partial charge in [-0.05, 0) is 0 Å². The topological polar surface area (TPSA) is 147 Å². The Labute approximate surface area is 66.0 Å². The lowest BCUT2D eigenvalue weighted by atomic mass is 10.3. The summed E-state index contributed by atoms with van der Waals surface area (Å²) in [4.78, 5) is 31.4. The van der Waals surface area contributed by atoms with Crippen LogP contribution in [0.25, 0.3) is 0 Å². The summed E-state index contributed by atoms with van der Waals surface area (Å²) < 4.78 is 8.88. The van der Waals surface area contributed by atoms with Crippen LogP contribution in [0.1, 0.15) is 0 Å². The van der Waals surface area contributed by atoms with Gasteiger partial charge in [0.25, 0.3) is 5.91 Å². The highest BCUT2D eigenvalue weighted by Gasteiger charge is 2.24. The van der Waals surface area contributed by atoms with Crippen LogP contribution in [0.15, 0.2) is 11.6 Å². The van der Waals surface area contributed by atoms with Crippen LogP contribution in [0.3, 0.4) is 0 Å². The summed E-state index contributed by atoms with van der Waals surface area (Å²) in [6, 6.07) is 0. The van der Waals surface area contributed by atoms with Gasteiger partial charge in [0.1, 0.15) is 0 Å². The van der Waals surface area contributed by atoms with Crippen LogP contribution in [0.4, 0.5) is 0 Å². The molecule has 70 valence electrons. The lowest BCUT2D eigenvalue weighted by Gasteiger charge is -2.11. The smallest absolute Gasteiger partial charge is 0.466 e. The van der Waals surface area contributed by atoms with E-state index in [0.717, 1.165) is 0 Å². The number of hydrogen-bond acceptors (Lipinski definition) is 4. The standard InChI is InChI=1S/C3H3NO3.H3O4P/c5-1-2(6)4-3(1)7;1-5(2,3)4/h5H,(H2,4,6,7);(H3,1,2,3,4). The predicted octanol–water partition coefficient (Wildman–Crippen LogP) is -1.53. The maximum absolute atomic E-state index is 9.86. The molecule has 12 heavy (non-hydrogen) atoms. The molecular formula is C3H6NO7P. The third kappa shape index (κ3) is 4.69. The zero-order chi connectivity index (χ0) is 9.94. The molecule has 0 aromatic rings. The Morgan fingerprint density at radius 3 is 1.50 bits per heavy atom. The fourth-order valence-electron chi connectivity index (χ4n) is 0.271. The monoisotopic (exact) mass is 199 g/mol. The molecule has 0 aliphatic carbocycles. The van der Waals surface area contributed by atoms with Crippen LogP contribution in [-0.2, 0) is 9.36 Å². The largest absolute Gasteiger partial charge is 0.499 e. The highest BCUT2D eigenvalue weighted by molar-refractivity contribution is 7.45. The van der Waals surface area contributed by atoms with Gasteiger partial charge in [-0.2, -0.15) is 0 Å². The fourth-order valence-corrected chi connectivity index (χ4v) is 0.271. The molecule has 0 aromatic carbocycles. The zero-order valence-electron chi connectivity index (χ0n) is 5.50. The Kier molecular flexibility index (Phi) is 3.23. The van der Waals surface area contributed by atoms with Gasteiger partial charge in [0.05, 0.1) is 0 Å². The molecule has 1 rings (SSSR count). The molecule has 0 radical (unpaired) electrons. The Bertz CT molecular complexity index is 256. The third-order valence-corrected chi connectivity index (χ3v) is 0.671. The molecule has 1 amide bonds. The average Bonchev–Trinajstić information content (AvgIpc) is 1.84. The van der Waals surface area contributed by atoms with E-state index in [1.807, 2.05) is 5.32 Å². The molecule has 1 heterocycles. The summed E-state index contributed by atoms with van der Waals surface area (Å²) in [7, 11) is -4.64. The highest BCUT2D eigenvalue weighted by atomic mass is 31.2. The number of amides is 1. The minimum absolute atomic E-state index is 0.440. The van der Waals surface area contributed by atoms with Crippen molar-refractivity contribution in [2.24, 2.45) is 0 Å². The van der Waals surface area contributed by atoms with Gasteiger partial charge in [0, 0.05) is 0 Å². The van der Waals surface area contributed by atoms with Crippen molar-refractivity contribution in [2.45, 2.75) is 0 Å². The first kappa shape index (κ1) is 10.9. The van der Waals surface area contributed by atoms with Crippen molar-refractivity contribution >= 4 is 13.7 Å². The van der Waals surface area contributed by atoms with E-state index in [4.69, 9.17) is 29.5 Å². The van der Waals surface area contributed by atoms with Crippen molar-refractivity contribution in [1.82, 2.24) is 5.32 Å².